The van der Waals surface area contributed by atoms with Gasteiger partial charge in [-0.05, 0) is 29.8 Å². The van der Waals surface area contributed by atoms with Crippen LogP contribution >= 0.6 is 23.2 Å². The molecule has 2 aromatic carbocycles. The third-order valence-electron chi connectivity index (χ3n) is 3.73. The molecule has 0 bridgehead atoms. The Morgan fingerprint density at radius 1 is 1.00 bits per heavy atom. The Morgan fingerprint density at radius 2 is 1.75 bits per heavy atom. The Bertz CT molecular complexity index is 1050. The van der Waals surface area contributed by atoms with Crippen LogP contribution in [-0.4, -0.2) is 15.4 Å². The summed E-state index contributed by atoms with van der Waals surface area (Å²) in [5.41, 5.74) is 0.0341. The smallest absolute Gasteiger partial charge is 0.301 e. The van der Waals surface area contributed by atoms with Crippen LogP contribution in [0.5, 0.6) is 0 Å². The number of carbonyl (C=O) groups is 1. The minimum atomic E-state index is -0.559. The fourth-order valence-electron chi connectivity index (χ4n) is 2.58. The first-order chi connectivity index (χ1) is 11.5. The van der Waals surface area contributed by atoms with Crippen molar-refractivity contribution in [3.63, 3.8) is 0 Å². The summed E-state index contributed by atoms with van der Waals surface area (Å²) in [5, 5.41) is 1.20. The molecule has 3 aromatic rings. The van der Waals surface area contributed by atoms with Gasteiger partial charge in [0, 0.05) is 10.0 Å². The number of aldehydes is 1. The number of nitrogens with zero attached hydrogens (tertiary/aromatic N) is 2. The number of para-hydroxylation sites is 1. The molecule has 1 aromatic heterocycles. The van der Waals surface area contributed by atoms with Gasteiger partial charge >= 0.3 is 5.69 Å². The van der Waals surface area contributed by atoms with Crippen LogP contribution < -0.4 is 11.2 Å². The third kappa shape index (κ3) is 2.88. The molecule has 1 heterocycles. The molecule has 0 atom stereocenters. The molecule has 0 spiro atoms. The van der Waals surface area contributed by atoms with E-state index in [1.807, 2.05) is 0 Å². The molecule has 0 amide bonds. The van der Waals surface area contributed by atoms with Crippen molar-refractivity contribution in [2.24, 2.45) is 0 Å². The van der Waals surface area contributed by atoms with Crippen LogP contribution in [0.15, 0.2) is 52.1 Å². The molecule has 0 fully saturated rings. The maximum Gasteiger partial charge on any atom is 0.332 e. The molecule has 122 valence electrons. The van der Waals surface area contributed by atoms with E-state index in [9.17, 15) is 14.4 Å². The van der Waals surface area contributed by atoms with Gasteiger partial charge in [0.15, 0.2) is 0 Å². The minimum Gasteiger partial charge on any atom is -0.301 e. The number of fused-ring (bicyclic) bond motifs is 1. The van der Waals surface area contributed by atoms with Crippen LogP contribution in [0.1, 0.15) is 5.56 Å². The summed E-state index contributed by atoms with van der Waals surface area (Å²) in [6.07, 6.45) is 0.623. The number of aromatic nitrogens is 2. The lowest BCUT2D eigenvalue weighted by Crippen LogP contribution is -2.40. The van der Waals surface area contributed by atoms with Crippen molar-refractivity contribution in [3.05, 3.63) is 78.9 Å². The fourth-order valence-corrected chi connectivity index (χ4v) is 3.05. The van der Waals surface area contributed by atoms with Gasteiger partial charge in [0.1, 0.15) is 6.29 Å². The van der Waals surface area contributed by atoms with E-state index in [1.165, 1.54) is 4.57 Å². The van der Waals surface area contributed by atoms with Gasteiger partial charge in [0.25, 0.3) is 5.56 Å². The summed E-state index contributed by atoms with van der Waals surface area (Å²) in [6.45, 7) is -0.134. The summed E-state index contributed by atoms with van der Waals surface area (Å²) < 4.78 is 2.34. The lowest BCUT2D eigenvalue weighted by molar-refractivity contribution is -0.108. The lowest BCUT2D eigenvalue weighted by atomic mass is 10.2. The average Bonchev–Trinajstić information content (AvgIpc) is 2.57. The van der Waals surface area contributed by atoms with Crippen molar-refractivity contribution < 1.29 is 4.79 Å². The van der Waals surface area contributed by atoms with Crippen LogP contribution in [0, 0.1) is 0 Å². The van der Waals surface area contributed by atoms with Crippen molar-refractivity contribution in [2.75, 3.05) is 0 Å². The minimum absolute atomic E-state index is 0.00262. The van der Waals surface area contributed by atoms with Crippen LogP contribution in [0.3, 0.4) is 0 Å². The number of hydrogen-bond acceptors (Lipinski definition) is 3. The molecule has 0 unspecified atom stereocenters. The van der Waals surface area contributed by atoms with Crippen molar-refractivity contribution >= 4 is 40.4 Å². The van der Waals surface area contributed by atoms with Crippen LogP contribution in [-0.2, 0) is 17.9 Å². The number of benzene rings is 2. The number of halogens is 2. The van der Waals surface area contributed by atoms with Crippen LogP contribution in [0.25, 0.3) is 10.9 Å². The van der Waals surface area contributed by atoms with E-state index in [2.05, 4.69) is 0 Å². The van der Waals surface area contributed by atoms with Gasteiger partial charge in [0.2, 0.25) is 0 Å². The van der Waals surface area contributed by atoms with Gasteiger partial charge in [0.05, 0.1) is 24.0 Å². The lowest BCUT2D eigenvalue weighted by Gasteiger charge is -2.13. The molecular weight excluding hydrogens is 351 g/mol. The zero-order valence-corrected chi connectivity index (χ0v) is 13.9. The second-order valence-electron chi connectivity index (χ2n) is 5.20. The molecule has 24 heavy (non-hydrogen) atoms. The van der Waals surface area contributed by atoms with Crippen LogP contribution in [0.4, 0.5) is 0 Å². The van der Waals surface area contributed by atoms with E-state index >= 15 is 0 Å². The summed E-state index contributed by atoms with van der Waals surface area (Å²) in [5.74, 6) is 0. The molecule has 0 saturated carbocycles. The number of carbonyl (C=O) groups excluding carboxylic acids is 1. The highest BCUT2D eigenvalue weighted by Gasteiger charge is 2.14. The Balaban J connectivity index is 2.26. The largest absolute Gasteiger partial charge is 0.332 e. The van der Waals surface area contributed by atoms with E-state index < -0.39 is 11.2 Å². The first kappa shape index (κ1) is 16.5. The standard InChI is InChI=1S/C17H12Cl2N2O3/c18-12-6-5-11(14(19)9-12)10-21-16(23)13-3-1-2-4-15(13)20(7-8-22)17(21)24/h1-6,8-9H,7,10H2. The first-order valence-electron chi connectivity index (χ1n) is 7.13. The molecule has 0 aliphatic carbocycles. The van der Waals surface area contributed by atoms with E-state index in [1.54, 1.807) is 42.5 Å². The van der Waals surface area contributed by atoms with Crippen LogP contribution in [0.2, 0.25) is 10.0 Å². The molecule has 0 N–H and O–H groups in total. The third-order valence-corrected chi connectivity index (χ3v) is 4.32. The molecular formula is C17H12Cl2N2O3. The molecule has 0 aliphatic heterocycles. The fraction of sp³-hybridized carbons (Fsp3) is 0.118. The van der Waals surface area contributed by atoms with Gasteiger partial charge < -0.3 is 4.79 Å². The van der Waals surface area contributed by atoms with Gasteiger partial charge in [-0.1, -0.05) is 41.4 Å². The van der Waals surface area contributed by atoms with E-state index in [-0.39, 0.29) is 13.1 Å². The van der Waals surface area contributed by atoms with Crippen molar-refractivity contribution in [2.45, 2.75) is 13.1 Å². The predicted octanol–water partition coefficient (Wildman–Crippen LogP) is 2.72. The maximum atomic E-state index is 12.7. The normalized spacial score (nSPS) is 10.9. The van der Waals surface area contributed by atoms with E-state index in [0.717, 1.165) is 4.57 Å². The second-order valence-corrected chi connectivity index (χ2v) is 6.05. The number of rotatable bonds is 4. The highest BCUT2D eigenvalue weighted by atomic mass is 35.5. The molecule has 0 aliphatic rings. The first-order valence-corrected chi connectivity index (χ1v) is 7.88. The van der Waals surface area contributed by atoms with Gasteiger partial charge in [-0.25, -0.2) is 4.79 Å². The molecule has 5 nitrogen and oxygen atoms in total. The highest BCUT2D eigenvalue weighted by Crippen LogP contribution is 2.21. The molecule has 7 heteroatoms. The molecule has 0 radical (unpaired) electrons. The highest BCUT2D eigenvalue weighted by molar-refractivity contribution is 6.35. The van der Waals surface area contributed by atoms with E-state index in [0.29, 0.717) is 32.8 Å². The number of hydrogen-bond donors (Lipinski definition) is 0. The summed E-state index contributed by atoms with van der Waals surface area (Å²) in [6, 6.07) is 11.5. The van der Waals surface area contributed by atoms with Crippen molar-refractivity contribution in [3.8, 4) is 0 Å². The SMILES string of the molecule is O=CCn1c(=O)n(Cc2ccc(Cl)cc2Cl)c(=O)c2ccccc21. The van der Waals surface area contributed by atoms with Gasteiger partial charge in [-0.2, -0.15) is 0 Å². The Kier molecular flexibility index (Phi) is 4.55. The Labute approximate surface area is 146 Å². The monoisotopic (exact) mass is 362 g/mol. The van der Waals surface area contributed by atoms with Crippen molar-refractivity contribution in [1.29, 1.82) is 0 Å². The molecule has 0 saturated heterocycles. The summed E-state index contributed by atoms with van der Waals surface area (Å²) in [4.78, 5) is 36.3. The maximum absolute atomic E-state index is 12.7. The summed E-state index contributed by atoms with van der Waals surface area (Å²) >= 11 is 12.0. The van der Waals surface area contributed by atoms with Gasteiger partial charge in [-0.15, -0.1) is 0 Å². The topological polar surface area (TPSA) is 61.1 Å². The van der Waals surface area contributed by atoms with E-state index in [4.69, 9.17) is 23.2 Å². The average molecular weight is 363 g/mol. The summed E-state index contributed by atoms with van der Waals surface area (Å²) in [7, 11) is 0. The quantitative estimate of drug-likeness (QED) is 0.670. The zero-order valence-electron chi connectivity index (χ0n) is 12.4. The molecule has 3 rings (SSSR count). The van der Waals surface area contributed by atoms with Gasteiger partial charge in [-0.3, -0.25) is 13.9 Å². The van der Waals surface area contributed by atoms with Crippen molar-refractivity contribution in [1.82, 2.24) is 9.13 Å². The zero-order chi connectivity index (χ0) is 17.3. The Morgan fingerprint density at radius 3 is 2.46 bits per heavy atom. The second kappa shape index (κ2) is 6.63. The Hall–Kier alpha value is -2.37. The predicted molar refractivity (Wildman–Crippen MR) is 94.1 cm³/mol.